The number of hydrogen-bond acceptors (Lipinski definition) is 5. The summed E-state index contributed by atoms with van der Waals surface area (Å²) in [7, 11) is 3.94. The number of guanidine groups is 1. The van der Waals surface area contributed by atoms with Crippen molar-refractivity contribution in [2.75, 3.05) is 38.6 Å². The number of aromatic nitrogens is 1. The van der Waals surface area contributed by atoms with Crippen molar-refractivity contribution in [2.24, 2.45) is 4.99 Å². The van der Waals surface area contributed by atoms with E-state index in [0.29, 0.717) is 19.6 Å². The molecule has 0 spiro atoms. The van der Waals surface area contributed by atoms with E-state index in [9.17, 15) is 4.79 Å². The third-order valence-electron chi connectivity index (χ3n) is 3.36. The Hall–Kier alpha value is -1.78. The number of amides is 1. The second kappa shape index (κ2) is 13.4. The van der Waals surface area contributed by atoms with E-state index >= 15 is 0 Å². The van der Waals surface area contributed by atoms with E-state index in [1.165, 1.54) is 0 Å². The molecule has 0 atom stereocenters. The first-order valence-corrected chi connectivity index (χ1v) is 9.33. The zero-order valence-electron chi connectivity index (χ0n) is 17.8. The molecule has 1 aromatic heterocycles. The molecule has 1 rings (SSSR count). The van der Waals surface area contributed by atoms with Crippen LogP contribution in [-0.2, 0) is 11.3 Å². The van der Waals surface area contributed by atoms with E-state index in [0.717, 1.165) is 30.3 Å². The quantitative estimate of drug-likeness (QED) is 0.218. The van der Waals surface area contributed by atoms with Gasteiger partial charge in [-0.3, -0.25) is 0 Å². The largest absolute Gasteiger partial charge is 0.444 e. The fraction of sp³-hybridized carbons (Fsp3) is 0.632. The first kappa shape index (κ1) is 26.2. The van der Waals surface area contributed by atoms with Crippen LogP contribution in [0.5, 0.6) is 0 Å². The van der Waals surface area contributed by atoms with Gasteiger partial charge in [0, 0.05) is 45.5 Å². The van der Waals surface area contributed by atoms with Crippen molar-refractivity contribution in [3.63, 3.8) is 0 Å². The van der Waals surface area contributed by atoms with Crippen molar-refractivity contribution in [3.05, 3.63) is 23.9 Å². The molecule has 0 unspecified atom stereocenters. The fourth-order valence-corrected chi connectivity index (χ4v) is 2.26. The second-order valence-corrected chi connectivity index (χ2v) is 7.28. The van der Waals surface area contributed by atoms with Gasteiger partial charge in [-0.25, -0.2) is 14.8 Å². The Balaban J connectivity index is 0.00000729. The van der Waals surface area contributed by atoms with Gasteiger partial charge in [0.25, 0.3) is 0 Å². The minimum atomic E-state index is -0.481. The molecule has 0 aromatic carbocycles. The minimum absolute atomic E-state index is 0. The lowest BCUT2D eigenvalue weighted by atomic mass is 10.2. The summed E-state index contributed by atoms with van der Waals surface area (Å²) in [5.41, 5.74) is 0.580. The summed E-state index contributed by atoms with van der Waals surface area (Å²) in [5.74, 6) is 1.65. The number of anilines is 1. The Kier molecular flexibility index (Phi) is 12.6. The Morgan fingerprint density at radius 3 is 2.50 bits per heavy atom. The molecule has 0 radical (unpaired) electrons. The average molecular weight is 506 g/mol. The standard InChI is InChI=1S/C19H34N6O2.HI/c1-7-20-17(22-12-9-13-23-18(26)27-19(2,3)4)24-14-15-10-8-11-21-16(15)25(5)6;/h8,10-11H,7,9,12-14H2,1-6H3,(H,23,26)(H2,20,22,24);1H. The molecule has 1 amide bonds. The zero-order valence-corrected chi connectivity index (χ0v) is 20.2. The van der Waals surface area contributed by atoms with Gasteiger partial charge in [0.1, 0.15) is 11.4 Å². The van der Waals surface area contributed by atoms with E-state index in [-0.39, 0.29) is 24.0 Å². The highest BCUT2D eigenvalue weighted by Crippen LogP contribution is 2.15. The monoisotopic (exact) mass is 506 g/mol. The maximum atomic E-state index is 11.6. The Morgan fingerprint density at radius 2 is 1.89 bits per heavy atom. The lowest BCUT2D eigenvalue weighted by Crippen LogP contribution is -2.39. The molecule has 8 nitrogen and oxygen atoms in total. The van der Waals surface area contributed by atoms with E-state index in [2.05, 4.69) is 25.9 Å². The van der Waals surface area contributed by atoms with Crippen molar-refractivity contribution in [1.82, 2.24) is 20.9 Å². The summed E-state index contributed by atoms with van der Waals surface area (Å²) in [5, 5.41) is 9.25. The van der Waals surface area contributed by atoms with Crippen LogP contribution in [-0.4, -0.2) is 56.4 Å². The molecule has 0 aliphatic carbocycles. The van der Waals surface area contributed by atoms with Crippen molar-refractivity contribution in [3.8, 4) is 0 Å². The van der Waals surface area contributed by atoms with Crippen molar-refractivity contribution < 1.29 is 9.53 Å². The molecule has 160 valence electrons. The van der Waals surface area contributed by atoms with Gasteiger partial charge in [-0.15, -0.1) is 24.0 Å². The summed E-state index contributed by atoms with van der Waals surface area (Å²) in [6.45, 7) is 10.1. The predicted octanol–water partition coefficient (Wildman–Crippen LogP) is 2.74. The molecule has 0 bridgehead atoms. The molecule has 0 aliphatic heterocycles. The van der Waals surface area contributed by atoms with E-state index in [4.69, 9.17) is 4.74 Å². The predicted molar refractivity (Wildman–Crippen MR) is 126 cm³/mol. The van der Waals surface area contributed by atoms with Crippen molar-refractivity contribution >= 4 is 41.8 Å². The summed E-state index contributed by atoms with van der Waals surface area (Å²) in [6, 6.07) is 3.95. The Labute approximate surface area is 185 Å². The van der Waals surface area contributed by atoms with Gasteiger partial charge in [0.15, 0.2) is 5.96 Å². The number of nitrogens with one attached hydrogen (secondary N) is 3. The third kappa shape index (κ3) is 11.2. The number of aliphatic imine (C=N–C) groups is 1. The van der Waals surface area contributed by atoms with Crippen LogP contribution >= 0.6 is 24.0 Å². The first-order chi connectivity index (χ1) is 12.7. The van der Waals surface area contributed by atoms with Crippen LogP contribution in [0.15, 0.2) is 23.3 Å². The van der Waals surface area contributed by atoms with Gasteiger partial charge in [-0.1, -0.05) is 6.07 Å². The molecule has 0 saturated carbocycles. The number of alkyl carbamates (subject to hydrolysis) is 1. The number of nitrogens with zero attached hydrogens (tertiary/aromatic N) is 3. The summed E-state index contributed by atoms with van der Waals surface area (Å²) >= 11 is 0. The lowest BCUT2D eigenvalue weighted by Gasteiger charge is -2.19. The van der Waals surface area contributed by atoms with Crippen LogP contribution in [0, 0.1) is 0 Å². The Bertz CT molecular complexity index is 617. The maximum absolute atomic E-state index is 11.6. The number of rotatable bonds is 8. The van der Waals surface area contributed by atoms with Crippen LogP contribution in [0.2, 0.25) is 0 Å². The van der Waals surface area contributed by atoms with Crippen molar-refractivity contribution in [1.29, 1.82) is 0 Å². The smallest absolute Gasteiger partial charge is 0.407 e. The van der Waals surface area contributed by atoms with Crippen LogP contribution < -0.4 is 20.9 Å². The third-order valence-corrected chi connectivity index (χ3v) is 3.36. The van der Waals surface area contributed by atoms with Gasteiger partial charge in [-0.05, 0) is 40.2 Å². The highest BCUT2D eigenvalue weighted by Gasteiger charge is 2.15. The number of halogens is 1. The van der Waals surface area contributed by atoms with Gasteiger partial charge < -0.3 is 25.6 Å². The summed E-state index contributed by atoms with van der Waals surface area (Å²) < 4.78 is 5.21. The maximum Gasteiger partial charge on any atom is 0.407 e. The van der Waals surface area contributed by atoms with Crippen LogP contribution in [0.1, 0.15) is 39.7 Å². The zero-order chi connectivity index (χ0) is 20.3. The molecule has 0 fully saturated rings. The molecule has 1 aromatic rings. The molecule has 28 heavy (non-hydrogen) atoms. The number of ether oxygens (including phenoxy) is 1. The van der Waals surface area contributed by atoms with Crippen molar-refractivity contribution in [2.45, 2.75) is 46.3 Å². The fourth-order valence-electron chi connectivity index (χ4n) is 2.26. The van der Waals surface area contributed by atoms with Gasteiger partial charge in [0.05, 0.1) is 6.54 Å². The topological polar surface area (TPSA) is 90.9 Å². The minimum Gasteiger partial charge on any atom is -0.444 e. The molecule has 0 aliphatic rings. The molecular formula is C19H35IN6O2. The second-order valence-electron chi connectivity index (χ2n) is 7.28. The van der Waals surface area contributed by atoms with Crippen LogP contribution in [0.25, 0.3) is 0 Å². The Morgan fingerprint density at radius 1 is 1.21 bits per heavy atom. The van der Waals surface area contributed by atoms with E-state index in [1.807, 2.05) is 58.8 Å². The highest BCUT2D eigenvalue weighted by molar-refractivity contribution is 14.0. The van der Waals surface area contributed by atoms with Gasteiger partial charge in [-0.2, -0.15) is 0 Å². The first-order valence-electron chi connectivity index (χ1n) is 9.33. The van der Waals surface area contributed by atoms with Crippen LogP contribution in [0.3, 0.4) is 0 Å². The number of hydrogen-bond donors (Lipinski definition) is 3. The van der Waals surface area contributed by atoms with E-state index < -0.39 is 11.7 Å². The van der Waals surface area contributed by atoms with Gasteiger partial charge >= 0.3 is 6.09 Å². The summed E-state index contributed by atoms with van der Waals surface area (Å²) in [4.78, 5) is 22.6. The SMILES string of the molecule is CCNC(=NCc1cccnc1N(C)C)NCCCNC(=O)OC(C)(C)C.I. The van der Waals surface area contributed by atoms with E-state index in [1.54, 1.807) is 6.20 Å². The molecule has 9 heteroatoms. The molecule has 0 saturated heterocycles. The molecular weight excluding hydrogens is 471 g/mol. The number of pyridine rings is 1. The van der Waals surface area contributed by atoms with Crippen LogP contribution in [0.4, 0.5) is 10.6 Å². The summed E-state index contributed by atoms with van der Waals surface area (Å²) in [6.07, 6.45) is 2.15. The molecule has 1 heterocycles. The highest BCUT2D eigenvalue weighted by atomic mass is 127. The number of carbonyl (C=O) groups excluding carboxylic acids is 1. The average Bonchev–Trinajstić information content (AvgIpc) is 2.57. The normalized spacial score (nSPS) is 11.3. The molecule has 3 N–H and O–H groups in total. The number of carbonyl (C=O) groups is 1. The lowest BCUT2D eigenvalue weighted by molar-refractivity contribution is 0.0527. The van der Waals surface area contributed by atoms with Gasteiger partial charge in [0.2, 0.25) is 0 Å².